The van der Waals surface area contributed by atoms with Crippen molar-refractivity contribution in [2.45, 2.75) is 32.4 Å². The molecule has 7 heteroatoms. The number of para-hydroxylation sites is 1. The SMILES string of the molecule is O=C(CCC(=O)N1CCc2sccc2C1)Nc1ccccc1CN1CCSCC1. The topological polar surface area (TPSA) is 52.7 Å². The molecule has 2 aromatic rings. The van der Waals surface area contributed by atoms with Crippen LogP contribution in [0.1, 0.15) is 28.8 Å². The lowest BCUT2D eigenvalue weighted by molar-refractivity contribution is -0.133. The summed E-state index contributed by atoms with van der Waals surface area (Å²) in [4.78, 5) is 30.8. The maximum atomic E-state index is 12.6. The van der Waals surface area contributed by atoms with E-state index in [2.05, 4.69) is 27.7 Å². The van der Waals surface area contributed by atoms with Gasteiger partial charge in [-0.1, -0.05) is 18.2 Å². The second kappa shape index (κ2) is 9.78. The summed E-state index contributed by atoms with van der Waals surface area (Å²) in [6.07, 6.45) is 1.41. The molecule has 0 spiro atoms. The third kappa shape index (κ3) is 5.41. The summed E-state index contributed by atoms with van der Waals surface area (Å²) in [7, 11) is 0. The molecule has 0 radical (unpaired) electrons. The van der Waals surface area contributed by atoms with Gasteiger partial charge in [0.15, 0.2) is 0 Å². The van der Waals surface area contributed by atoms with Crippen molar-refractivity contribution >= 4 is 40.6 Å². The Labute approximate surface area is 180 Å². The molecule has 2 amide bonds. The third-order valence-corrected chi connectivity index (χ3v) is 7.48. The Balaban J connectivity index is 1.28. The highest BCUT2D eigenvalue weighted by Gasteiger charge is 2.22. The van der Waals surface area contributed by atoms with Crippen molar-refractivity contribution in [2.75, 3.05) is 36.5 Å². The Kier molecular flexibility index (Phi) is 6.90. The van der Waals surface area contributed by atoms with Crippen LogP contribution in [0.25, 0.3) is 0 Å². The molecule has 1 saturated heterocycles. The normalized spacial score (nSPS) is 17.0. The first-order valence-corrected chi connectivity index (χ1v) is 12.2. The van der Waals surface area contributed by atoms with E-state index in [0.29, 0.717) is 6.54 Å². The molecule has 1 aromatic heterocycles. The number of anilines is 1. The number of hydrogen-bond acceptors (Lipinski definition) is 5. The number of rotatable bonds is 6. The minimum absolute atomic E-state index is 0.0658. The molecule has 4 rings (SSSR count). The zero-order chi connectivity index (χ0) is 20.1. The summed E-state index contributed by atoms with van der Waals surface area (Å²) in [5.41, 5.74) is 3.26. The van der Waals surface area contributed by atoms with Crippen LogP contribution in [0.4, 0.5) is 5.69 Å². The monoisotopic (exact) mass is 429 g/mol. The summed E-state index contributed by atoms with van der Waals surface area (Å²) in [6, 6.07) is 10.1. The van der Waals surface area contributed by atoms with Gasteiger partial charge in [0.25, 0.3) is 0 Å². The van der Waals surface area contributed by atoms with E-state index in [1.165, 1.54) is 21.9 Å². The molecule has 1 fully saturated rings. The molecule has 154 valence electrons. The van der Waals surface area contributed by atoms with Crippen molar-refractivity contribution < 1.29 is 9.59 Å². The number of nitrogens with zero attached hydrogens (tertiary/aromatic N) is 2. The van der Waals surface area contributed by atoms with E-state index in [9.17, 15) is 9.59 Å². The Morgan fingerprint density at radius 1 is 1.03 bits per heavy atom. The Hall–Kier alpha value is -1.83. The van der Waals surface area contributed by atoms with Gasteiger partial charge in [0.2, 0.25) is 11.8 Å². The van der Waals surface area contributed by atoms with Crippen LogP contribution in [0.15, 0.2) is 35.7 Å². The summed E-state index contributed by atoms with van der Waals surface area (Å²) in [5, 5.41) is 5.12. The number of thioether (sulfide) groups is 1. The van der Waals surface area contributed by atoms with Crippen molar-refractivity contribution in [1.29, 1.82) is 0 Å². The minimum atomic E-state index is -0.0896. The summed E-state index contributed by atoms with van der Waals surface area (Å²) < 4.78 is 0. The molecule has 2 aliphatic rings. The Morgan fingerprint density at radius 2 is 1.86 bits per heavy atom. The number of amides is 2. The molecule has 0 aliphatic carbocycles. The fraction of sp³-hybridized carbons (Fsp3) is 0.455. The van der Waals surface area contributed by atoms with Crippen LogP contribution in [0.5, 0.6) is 0 Å². The van der Waals surface area contributed by atoms with Crippen molar-refractivity contribution in [2.24, 2.45) is 0 Å². The minimum Gasteiger partial charge on any atom is -0.338 e. The van der Waals surface area contributed by atoms with Gasteiger partial charge in [-0.2, -0.15) is 11.8 Å². The van der Waals surface area contributed by atoms with Crippen molar-refractivity contribution in [3.05, 3.63) is 51.7 Å². The number of nitrogens with one attached hydrogen (secondary N) is 1. The standard InChI is InChI=1S/C22H27N3O2S2/c26-21(5-6-22(27)25-9-7-20-18(16-25)8-12-29-20)23-19-4-2-1-3-17(19)15-24-10-13-28-14-11-24/h1-4,8,12H,5-7,9-11,13-16H2,(H,23,26). The van der Waals surface area contributed by atoms with Gasteiger partial charge >= 0.3 is 0 Å². The van der Waals surface area contributed by atoms with Crippen LogP contribution in [0, 0.1) is 0 Å². The molecule has 0 saturated carbocycles. The van der Waals surface area contributed by atoms with Crippen LogP contribution >= 0.6 is 23.1 Å². The molecule has 0 unspecified atom stereocenters. The molecule has 2 aliphatic heterocycles. The van der Waals surface area contributed by atoms with Crippen LogP contribution in [0.2, 0.25) is 0 Å². The molecule has 1 aromatic carbocycles. The second-order valence-electron chi connectivity index (χ2n) is 7.53. The number of benzene rings is 1. The molecule has 3 heterocycles. The highest BCUT2D eigenvalue weighted by atomic mass is 32.2. The Bertz CT molecular complexity index is 861. The quantitative estimate of drug-likeness (QED) is 0.762. The fourth-order valence-electron chi connectivity index (χ4n) is 3.83. The molecule has 1 N–H and O–H groups in total. The summed E-state index contributed by atoms with van der Waals surface area (Å²) in [5.74, 6) is 2.31. The first-order chi connectivity index (χ1) is 14.2. The van der Waals surface area contributed by atoms with Gasteiger partial charge < -0.3 is 10.2 Å². The van der Waals surface area contributed by atoms with Gasteiger partial charge in [0.1, 0.15) is 0 Å². The van der Waals surface area contributed by atoms with Crippen molar-refractivity contribution in [3.8, 4) is 0 Å². The van der Waals surface area contributed by atoms with Gasteiger partial charge in [0.05, 0.1) is 0 Å². The second-order valence-corrected chi connectivity index (χ2v) is 9.75. The lowest BCUT2D eigenvalue weighted by atomic mass is 10.1. The van der Waals surface area contributed by atoms with Gasteiger partial charge in [-0.15, -0.1) is 11.3 Å². The average molecular weight is 430 g/mol. The van der Waals surface area contributed by atoms with E-state index >= 15 is 0 Å². The highest BCUT2D eigenvalue weighted by Crippen LogP contribution is 2.25. The van der Waals surface area contributed by atoms with E-state index in [0.717, 1.165) is 43.9 Å². The van der Waals surface area contributed by atoms with Crippen molar-refractivity contribution in [1.82, 2.24) is 9.80 Å². The van der Waals surface area contributed by atoms with Crippen LogP contribution in [-0.4, -0.2) is 52.8 Å². The van der Waals surface area contributed by atoms with Gasteiger partial charge in [-0.25, -0.2) is 0 Å². The zero-order valence-electron chi connectivity index (χ0n) is 16.6. The Morgan fingerprint density at radius 3 is 2.72 bits per heavy atom. The average Bonchev–Trinajstić information content (AvgIpc) is 3.22. The molecule has 0 atom stereocenters. The van der Waals surface area contributed by atoms with E-state index in [4.69, 9.17) is 0 Å². The first-order valence-electron chi connectivity index (χ1n) is 10.2. The molecule has 5 nitrogen and oxygen atoms in total. The number of hydrogen-bond donors (Lipinski definition) is 1. The molecular weight excluding hydrogens is 402 g/mol. The lowest BCUT2D eigenvalue weighted by Crippen LogP contribution is -2.35. The summed E-state index contributed by atoms with van der Waals surface area (Å²) in [6.45, 7) is 4.46. The third-order valence-electron chi connectivity index (χ3n) is 5.52. The van der Waals surface area contributed by atoms with Crippen LogP contribution < -0.4 is 5.32 Å². The lowest BCUT2D eigenvalue weighted by Gasteiger charge is -2.27. The highest BCUT2D eigenvalue weighted by molar-refractivity contribution is 7.99. The fourth-order valence-corrected chi connectivity index (χ4v) is 5.70. The smallest absolute Gasteiger partial charge is 0.224 e. The van der Waals surface area contributed by atoms with Gasteiger partial charge in [0, 0.05) is 67.6 Å². The summed E-state index contributed by atoms with van der Waals surface area (Å²) >= 11 is 3.76. The van der Waals surface area contributed by atoms with E-state index < -0.39 is 0 Å². The van der Waals surface area contributed by atoms with Crippen LogP contribution in [0.3, 0.4) is 0 Å². The van der Waals surface area contributed by atoms with Gasteiger partial charge in [-0.05, 0) is 35.1 Å². The first kappa shape index (κ1) is 20.4. The van der Waals surface area contributed by atoms with E-state index in [1.807, 2.05) is 34.9 Å². The maximum Gasteiger partial charge on any atom is 0.224 e. The molecular formula is C22H27N3O2S2. The zero-order valence-corrected chi connectivity index (χ0v) is 18.2. The van der Waals surface area contributed by atoms with E-state index in [-0.39, 0.29) is 24.7 Å². The van der Waals surface area contributed by atoms with E-state index in [1.54, 1.807) is 11.3 Å². The predicted octanol–water partition coefficient (Wildman–Crippen LogP) is 3.60. The predicted molar refractivity (Wildman–Crippen MR) is 120 cm³/mol. The number of fused-ring (bicyclic) bond motifs is 1. The number of thiophene rings is 1. The number of carbonyl (C=O) groups excluding carboxylic acids is 2. The molecule has 0 bridgehead atoms. The molecule has 29 heavy (non-hydrogen) atoms. The van der Waals surface area contributed by atoms with Crippen molar-refractivity contribution in [3.63, 3.8) is 0 Å². The van der Waals surface area contributed by atoms with Gasteiger partial charge in [-0.3, -0.25) is 14.5 Å². The largest absolute Gasteiger partial charge is 0.338 e. The number of carbonyl (C=O) groups is 2. The van der Waals surface area contributed by atoms with Crippen LogP contribution in [-0.2, 0) is 29.1 Å². The maximum absolute atomic E-state index is 12.6.